The second-order valence-corrected chi connectivity index (χ2v) is 9.50. The number of ether oxygens (including phenoxy) is 1. The van der Waals surface area contributed by atoms with Gasteiger partial charge < -0.3 is 10.1 Å². The average Bonchev–Trinajstić information content (AvgIpc) is 3.32. The molecule has 1 N–H and O–H groups in total. The van der Waals surface area contributed by atoms with E-state index in [9.17, 15) is 31.2 Å². The molecule has 33 heavy (non-hydrogen) atoms. The number of halogens is 3. The number of thiophene rings is 1. The molecule has 3 rings (SSSR count). The number of esters is 1. The molecule has 0 radical (unpaired) electrons. The predicted octanol–water partition coefficient (Wildman–Crippen LogP) is 3.81. The molecule has 1 amide bonds. The molecule has 174 valence electrons. The lowest BCUT2D eigenvalue weighted by Crippen LogP contribution is -2.21. The molecule has 0 aliphatic heterocycles. The number of hydrogen-bond donors (Lipinski definition) is 1. The molecule has 0 aliphatic rings. The van der Waals surface area contributed by atoms with Crippen LogP contribution in [0.2, 0.25) is 0 Å². The van der Waals surface area contributed by atoms with Gasteiger partial charge in [0.2, 0.25) is 20.9 Å². The van der Waals surface area contributed by atoms with E-state index in [0.29, 0.717) is 10.9 Å². The van der Waals surface area contributed by atoms with Crippen molar-refractivity contribution in [1.29, 1.82) is 0 Å². The Kier molecular flexibility index (Phi) is 7.12. The van der Waals surface area contributed by atoms with Gasteiger partial charge in [0.1, 0.15) is 5.69 Å². The Morgan fingerprint density at radius 2 is 1.85 bits per heavy atom. The molecular formula is C20H16F3N3O5S2. The molecule has 0 saturated heterocycles. The van der Waals surface area contributed by atoms with Crippen molar-refractivity contribution in [2.24, 2.45) is 0 Å². The van der Waals surface area contributed by atoms with Gasteiger partial charge in [0.15, 0.2) is 0 Å². The van der Waals surface area contributed by atoms with Crippen LogP contribution in [0.5, 0.6) is 0 Å². The van der Waals surface area contributed by atoms with E-state index in [-0.39, 0.29) is 16.9 Å². The lowest BCUT2D eigenvalue weighted by Gasteiger charge is -2.11. The van der Waals surface area contributed by atoms with Gasteiger partial charge in [-0.15, -0.1) is 11.3 Å². The number of methoxy groups -OCH3 is 1. The van der Waals surface area contributed by atoms with Gasteiger partial charge in [-0.1, -0.05) is 18.2 Å². The number of sulfone groups is 1. The van der Waals surface area contributed by atoms with E-state index in [0.717, 1.165) is 18.4 Å². The summed E-state index contributed by atoms with van der Waals surface area (Å²) in [7, 11) is -3.29. The number of amides is 1. The maximum absolute atomic E-state index is 13.3. The van der Waals surface area contributed by atoms with Gasteiger partial charge in [0.25, 0.3) is 0 Å². The number of nitrogens with one attached hydrogen (secondary N) is 1. The Morgan fingerprint density at radius 3 is 2.48 bits per heavy atom. The van der Waals surface area contributed by atoms with Crippen molar-refractivity contribution in [3.63, 3.8) is 0 Å². The van der Waals surface area contributed by atoms with Crippen molar-refractivity contribution in [2.75, 3.05) is 18.2 Å². The molecule has 2 aromatic heterocycles. The Bertz CT molecular complexity index is 1280. The van der Waals surface area contributed by atoms with E-state index in [4.69, 9.17) is 0 Å². The summed E-state index contributed by atoms with van der Waals surface area (Å²) in [6, 6.07) is 9.66. The zero-order valence-electron chi connectivity index (χ0n) is 16.9. The van der Waals surface area contributed by atoms with E-state index in [1.807, 2.05) is 0 Å². The Balaban J connectivity index is 1.82. The fourth-order valence-corrected chi connectivity index (χ4v) is 4.47. The predicted molar refractivity (Wildman–Crippen MR) is 113 cm³/mol. The van der Waals surface area contributed by atoms with Gasteiger partial charge >= 0.3 is 12.1 Å². The number of benzene rings is 1. The first-order valence-corrected chi connectivity index (χ1v) is 11.7. The Morgan fingerprint density at radius 1 is 1.12 bits per heavy atom. The standard InChI is InChI=1S/C20H16F3N3O5S2/c1-31-18(28)12-5-2-3-6-13(12)24-17(27)8-10-33(29,30)19-25-14(15-7-4-9-32-15)11-16(26-19)20(21,22)23/h2-7,9,11H,8,10H2,1H3,(H,24,27). The summed E-state index contributed by atoms with van der Waals surface area (Å²) >= 11 is 1.09. The molecule has 0 fully saturated rings. The van der Waals surface area contributed by atoms with Crippen LogP contribution >= 0.6 is 11.3 Å². The van der Waals surface area contributed by atoms with Crippen LogP contribution in [0.3, 0.4) is 0 Å². The third kappa shape index (κ3) is 5.93. The van der Waals surface area contributed by atoms with E-state index in [1.165, 1.54) is 18.2 Å². The number of nitrogens with zero attached hydrogens (tertiary/aromatic N) is 2. The molecule has 0 saturated carbocycles. The number of alkyl halides is 3. The fourth-order valence-electron chi connectivity index (χ4n) is 2.67. The van der Waals surface area contributed by atoms with Crippen LogP contribution in [0.25, 0.3) is 10.6 Å². The minimum Gasteiger partial charge on any atom is -0.465 e. The normalized spacial score (nSPS) is 11.8. The van der Waals surface area contributed by atoms with E-state index >= 15 is 0 Å². The highest BCUT2D eigenvalue weighted by Crippen LogP contribution is 2.32. The molecule has 0 aliphatic carbocycles. The number of para-hydroxylation sites is 1. The van der Waals surface area contributed by atoms with Gasteiger partial charge in [0.05, 0.1) is 34.7 Å². The van der Waals surface area contributed by atoms with Crippen LogP contribution in [-0.4, -0.2) is 43.1 Å². The first-order chi connectivity index (χ1) is 15.5. The quantitative estimate of drug-likeness (QED) is 0.388. The van der Waals surface area contributed by atoms with Gasteiger partial charge in [-0.05, 0) is 29.6 Å². The van der Waals surface area contributed by atoms with Crippen LogP contribution in [0.1, 0.15) is 22.5 Å². The lowest BCUT2D eigenvalue weighted by atomic mass is 10.2. The van der Waals surface area contributed by atoms with Gasteiger partial charge in [-0.3, -0.25) is 4.79 Å². The summed E-state index contributed by atoms with van der Waals surface area (Å²) < 4.78 is 69.8. The molecule has 0 bridgehead atoms. The van der Waals surface area contributed by atoms with Crippen molar-refractivity contribution in [3.05, 3.63) is 59.1 Å². The summed E-state index contributed by atoms with van der Waals surface area (Å²) in [5.41, 5.74) is -1.45. The first-order valence-electron chi connectivity index (χ1n) is 9.21. The van der Waals surface area contributed by atoms with Crippen molar-refractivity contribution in [2.45, 2.75) is 17.8 Å². The number of rotatable bonds is 7. The van der Waals surface area contributed by atoms with E-state index in [1.54, 1.807) is 23.6 Å². The second-order valence-electron chi connectivity index (χ2n) is 6.55. The fraction of sp³-hybridized carbons (Fsp3) is 0.200. The molecule has 3 aromatic rings. The topological polar surface area (TPSA) is 115 Å². The monoisotopic (exact) mass is 499 g/mol. The third-order valence-corrected chi connectivity index (χ3v) is 6.63. The number of aromatic nitrogens is 2. The number of carbonyl (C=O) groups is 2. The van der Waals surface area contributed by atoms with Gasteiger partial charge in [-0.25, -0.2) is 23.2 Å². The molecule has 0 spiro atoms. The van der Waals surface area contributed by atoms with Gasteiger partial charge in [0, 0.05) is 6.42 Å². The summed E-state index contributed by atoms with van der Waals surface area (Å²) in [5, 5.41) is 2.98. The van der Waals surface area contributed by atoms with Crippen LogP contribution in [0.15, 0.2) is 53.0 Å². The van der Waals surface area contributed by atoms with Crippen molar-refractivity contribution in [3.8, 4) is 10.6 Å². The van der Waals surface area contributed by atoms with Crippen LogP contribution < -0.4 is 5.32 Å². The number of anilines is 1. The van der Waals surface area contributed by atoms with Gasteiger partial charge in [-0.2, -0.15) is 13.2 Å². The SMILES string of the molecule is COC(=O)c1ccccc1NC(=O)CCS(=O)(=O)c1nc(-c2cccs2)cc(C(F)(F)F)n1. The van der Waals surface area contributed by atoms with Crippen molar-refractivity contribution in [1.82, 2.24) is 9.97 Å². The number of carbonyl (C=O) groups excluding carboxylic acids is 2. The highest BCUT2D eigenvalue weighted by Gasteiger charge is 2.35. The highest BCUT2D eigenvalue weighted by atomic mass is 32.2. The molecule has 1 aromatic carbocycles. The molecule has 13 heteroatoms. The molecular weight excluding hydrogens is 483 g/mol. The summed E-state index contributed by atoms with van der Waals surface area (Å²) in [4.78, 5) is 31.4. The largest absolute Gasteiger partial charge is 0.465 e. The third-order valence-electron chi connectivity index (χ3n) is 4.25. The van der Waals surface area contributed by atoms with Crippen molar-refractivity contribution >= 4 is 38.7 Å². The minimum atomic E-state index is -4.89. The average molecular weight is 499 g/mol. The smallest absolute Gasteiger partial charge is 0.433 e. The van der Waals surface area contributed by atoms with Crippen molar-refractivity contribution < 1.29 is 35.9 Å². The van der Waals surface area contributed by atoms with E-state index in [2.05, 4.69) is 20.0 Å². The summed E-state index contributed by atoms with van der Waals surface area (Å²) in [6.07, 6.45) is -5.50. The Hall–Kier alpha value is -3.32. The second kappa shape index (κ2) is 9.67. The lowest BCUT2D eigenvalue weighted by molar-refractivity contribution is -0.141. The maximum Gasteiger partial charge on any atom is 0.433 e. The zero-order valence-corrected chi connectivity index (χ0v) is 18.6. The summed E-state index contributed by atoms with van der Waals surface area (Å²) in [5.74, 6) is -2.33. The Labute approximate surface area is 190 Å². The molecule has 2 heterocycles. The van der Waals surface area contributed by atoms with Crippen LogP contribution in [0, 0.1) is 0 Å². The van der Waals surface area contributed by atoms with Crippen LogP contribution in [-0.2, 0) is 25.5 Å². The molecule has 8 nitrogen and oxygen atoms in total. The number of hydrogen-bond acceptors (Lipinski definition) is 8. The molecule has 0 unspecified atom stereocenters. The minimum absolute atomic E-state index is 0.0537. The zero-order chi connectivity index (χ0) is 24.2. The first kappa shape index (κ1) is 24.3. The highest BCUT2D eigenvalue weighted by molar-refractivity contribution is 7.91. The van der Waals surface area contributed by atoms with Crippen LogP contribution in [0.4, 0.5) is 18.9 Å². The summed E-state index contributed by atoms with van der Waals surface area (Å²) in [6.45, 7) is 0. The van der Waals surface area contributed by atoms with E-state index < -0.39 is 50.9 Å². The maximum atomic E-state index is 13.3. The molecule has 0 atom stereocenters.